The van der Waals surface area contributed by atoms with Gasteiger partial charge in [0.2, 0.25) is 0 Å². The predicted molar refractivity (Wildman–Crippen MR) is 89.2 cm³/mol. The summed E-state index contributed by atoms with van der Waals surface area (Å²) >= 11 is 0. The maximum Gasteiger partial charge on any atom is 0.157 e. The summed E-state index contributed by atoms with van der Waals surface area (Å²) in [5.74, 6) is 0. The molecule has 2 aliphatic rings. The third-order valence-electron chi connectivity index (χ3n) is 4.57. The van der Waals surface area contributed by atoms with Gasteiger partial charge in [0.25, 0.3) is 0 Å². The quantitative estimate of drug-likeness (QED) is 0.265. The molecule has 146 valence electrons. The minimum absolute atomic E-state index is 0.413. The normalized spacial score (nSPS) is 39.9. The van der Waals surface area contributed by atoms with Crippen LogP contribution in [0.2, 0.25) is 0 Å². The molecule has 2 saturated heterocycles. The molecule has 0 unspecified atom stereocenters. The first-order valence-electron chi connectivity index (χ1n) is 8.32. The van der Waals surface area contributed by atoms with Crippen molar-refractivity contribution in [3.05, 3.63) is 24.3 Å². The lowest BCUT2D eigenvalue weighted by atomic mass is 10.1. The maximum absolute atomic E-state index is 9.97. The zero-order valence-electron chi connectivity index (χ0n) is 13.8. The van der Waals surface area contributed by atoms with Crippen molar-refractivity contribution < 1.29 is 40.1 Å². The molecule has 0 aromatic heterocycles. The number of aliphatic hydroxyl groups is 6. The molecule has 10 nitrogen and oxygen atoms in total. The van der Waals surface area contributed by atoms with E-state index in [4.69, 9.17) is 19.7 Å². The number of benzene rings is 1. The van der Waals surface area contributed by atoms with Crippen LogP contribution < -0.4 is 10.6 Å². The van der Waals surface area contributed by atoms with E-state index in [2.05, 4.69) is 10.6 Å². The molecule has 10 heteroatoms. The van der Waals surface area contributed by atoms with Crippen LogP contribution in [-0.2, 0) is 9.47 Å². The van der Waals surface area contributed by atoms with Gasteiger partial charge in [-0.15, -0.1) is 0 Å². The summed E-state index contributed by atoms with van der Waals surface area (Å²) in [5.41, 5.74) is 1.10. The number of aliphatic hydroxyl groups excluding tert-OH is 6. The molecule has 2 heterocycles. The van der Waals surface area contributed by atoms with Gasteiger partial charge >= 0.3 is 0 Å². The highest BCUT2D eigenvalue weighted by molar-refractivity contribution is 5.57. The van der Waals surface area contributed by atoms with Gasteiger partial charge in [-0.25, -0.2) is 0 Å². The average Bonchev–Trinajstić information content (AvgIpc) is 3.06. The van der Waals surface area contributed by atoms with Crippen molar-refractivity contribution in [2.45, 2.75) is 49.1 Å². The Morgan fingerprint density at radius 1 is 0.731 bits per heavy atom. The lowest BCUT2D eigenvalue weighted by Crippen LogP contribution is -2.37. The number of hydrogen-bond acceptors (Lipinski definition) is 10. The zero-order chi connectivity index (χ0) is 18.8. The Balaban J connectivity index is 1.64. The Morgan fingerprint density at radius 2 is 1.15 bits per heavy atom. The second-order valence-corrected chi connectivity index (χ2v) is 6.39. The summed E-state index contributed by atoms with van der Waals surface area (Å²) in [6.07, 6.45) is -8.34. The topological polar surface area (TPSA) is 164 Å². The molecular weight excluding hydrogens is 348 g/mol. The lowest BCUT2D eigenvalue weighted by molar-refractivity contribution is -0.0154. The van der Waals surface area contributed by atoms with Gasteiger partial charge in [-0.05, 0) is 18.2 Å². The van der Waals surface area contributed by atoms with Crippen molar-refractivity contribution in [1.29, 1.82) is 0 Å². The summed E-state index contributed by atoms with van der Waals surface area (Å²) in [5, 5.41) is 63.6. The molecule has 0 saturated carbocycles. The minimum Gasteiger partial charge on any atom is -0.394 e. The fourth-order valence-corrected chi connectivity index (χ4v) is 3.06. The van der Waals surface area contributed by atoms with Crippen LogP contribution in [0.15, 0.2) is 24.3 Å². The van der Waals surface area contributed by atoms with Crippen LogP contribution in [0.4, 0.5) is 11.4 Å². The number of nitrogens with one attached hydrogen (secondary N) is 2. The van der Waals surface area contributed by atoms with E-state index in [1.165, 1.54) is 0 Å². The van der Waals surface area contributed by atoms with Gasteiger partial charge in [0.05, 0.1) is 13.2 Å². The Hall–Kier alpha value is -1.50. The van der Waals surface area contributed by atoms with Gasteiger partial charge in [0, 0.05) is 11.4 Å². The highest BCUT2D eigenvalue weighted by Crippen LogP contribution is 2.26. The second kappa shape index (κ2) is 8.03. The van der Waals surface area contributed by atoms with Crippen LogP contribution in [-0.4, -0.2) is 92.9 Å². The van der Waals surface area contributed by atoms with Crippen molar-refractivity contribution in [2.75, 3.05) is 23.8 Å². The Morgan fingerprint density at radius 3 is 1.50 bits per heavy atom. The monoisotopic (exact) mass is 372 g/mol. The summed E-state index contributed by atoms with van der Waals surface area (Å²) in [7, 11) is 0. The molecule has 2 aliphatic heterocycles. The van der Waals surface area contributed by atoms with Gasteiger partial charge in [-0.3, -0.25) is 0 Å². The van der Waals surface area contributed by atoms with Crippen LogP contribution in [0.25, 0.3) is 0 Å². The lowest BCUT2D eigenvalue weighted by Gasteiger charge is -2.20. The van der Waals surface area contributed by atoms with Crippen LogP contribution in [0.5, 0.6) is 0 Å². The zero-order valence-corrected chi connectivity index (χ0v) is 13.8. The van der Waals surface area contributed by atoms with E-state index in [0.717, 1.165) is 0 Å². The summed E-state index contributed by atoms with van der Waals surface area (Å²) in [4.78, 5) is 0. The van der Waals surface area contributed by atoms with Crippen molar-refractivity contribution in [3.8, 4) is 0 Å². The van der Waals surface area contributed by atoms with Crippen LogP contribution >= 0.6 is 0 Å². The molecular formula is C16H24N2O8. The molecule has 26 heavy (non-hydrogen) atoms. The fourth-order valence-electron chi connectivity index (χ4n) is 3.06. The van der Waals surface area contributed by atoms with E-state index in [9.17, 15) is 20.4 Å². The van der Waals surface area contributed by atoms with E-state index < -0.39 is 62.3 Å². The standard InChI is InChI=1S/C16H24N2O8/c19-5-9-11(21)13(23)15(25-9)17-7-2-1-3-8(4-7)18-16-14(24)12(22)10(6-20)26-16/h1-4,9-24H,5-6H2/t9-,10+,11-,12-,13+,14-,15-,16+/m1/s1. The molecule has 8 atom stereocenters. The van der Waals surface area contributed by atoms with Gasteiger partial charge in [0.15, 0.2) is 12.5 Å². The van der Waals surface area contributed by atoms with Crippen LogP contribution in [0.3, 0.4) is 0 Å². The Kier molecular flexibility index (Phi) is 5.95. The van der Waals surface area contributed by atoms with Crippen molar-refractivity contribution in [2.24, 2.45) is 0 Å². The van der Waals surface area contributed by atoms with Crippen molar-refractivity contribution >= 4 is 11.4 Å². The number of anilines is 2. The molecule has 0 amide bonds. The molecule has 1 aromatic carbocycles. The summed E-state index contributed by atoms with van der Waals surface area (Å²) in [6, 6.07) is 6.77. The smallest absolute Gasteiger partial charge is 0.157 e. The second-order valence-electron chi connectivity index (χ2n) is 6.39. The molecule has 3 rings (SSSR count). The van der Waals surface area contributed by atoms with Gasteiger partial charge in [-0.1, -0.05) is 6.07 Å². The van der Waals surface area contributed by atoms with E-state index in [1.807, 2.05) is 0 Å². The first-order valence-corrected chi connectivity index (χ1v) is 8.32. The highest BCUT2D eigenvalue weighted by Gasteiger charge is 2.43. The van der Waals surface area contributed by atoms with Gasteiger partial charge in [0.1, 0.15) is 36.6 Å². The fraction of sp³-hybridized carbons (Fsp3) is 0.625. The Bertz CT molecular complexity index is 558. The molecule has 0 radical (unpaired) electrons. The van der Waals surface area contributed by atoms with E-state index in [1.54, 1.807) is 24.3 Å². The van der Waals surface area contributed by atoms with Crippen molar-refractivity contribution in [1.82, 2.24) is 0 Å². The van der Waals surface area contributed by atoms with Crippen LogP contribution in [0.1, 0.15) is 0 Å². The Labute approximate surface area is 149 Å². The summed E-state index contributed by atoms with van der Waals surface area (Å²) in [6.45, 7) is -0.827. The van der Waals surface area contributed by atoms with Gasteiger partial charge in [-0.2, -0.15) is 0 Å². The van der Waals surface area contributed by atoms with E-state index in [-0.39, 0.29) is 0 Å². The number of hydrogen-bond donors (Lipinski definition) is 8. The first-order chi connectivity index (χ1) is 12.4. The van der Waals surface area contributed by atoms with Crippen LogP contribution in [0, 0.1) is 0 Å². The summed E-state index contributed by atoms with van der Waals surface area (Å²) < 4.78 is 10.7. The molecule has 2 fully saturated rings. The first kappa shape index (κ1) is 19.3. The van der Waals surface area contributed by atoms with E-state index in [0.29, 0.717) is 11.4 Å². The minimum atomic E-state index is -1.20. The highest BCUT2D eigenvalue weighted by atomic mass is 16.6. The molecule has 0 aliphatic carbocycles. The van der Waals surface area contributed by atoms with E-state index >= 15 is 0 Å². The molecule has 0 bridgehead atoms. The average molecular weight is 372 g/mol. The predicted octanol–water partition coefficient (Wildman–Crippen LogP) is -2.61. The maximum atomic E-state index is 9.97. The SMILES string of the molecule is OC[C@@H]1O[C@H](Nc2cccc(N[C@@H]3O[C@H](CO)[C@@H](O)[C@@H]3O)c2)[C@H](O)[C@@H]1O. The van der Waals surface area contributed by atoms with Crippen molar-refractivity contribution in [3.63, 3.8) is 0 Å². The number of rotatable bonds is 6. The molecule has 0 spiro atoms. The largest absolute Gasteiger partial charge is 0.394 e. The van der Waals surface area contributed by atoms with Gasteiger partial charge < -0.3 is 50.7 Å². The third-order valence-corrected chi connectivity index (χ3v) is 4.57. The number of ether oxygens (including phenoxy) is 2. The third kappa shape index (κ3) is 3.77. The molecule has 8 N–H and O–H groups in total. The molecule has 1 aromatic rings.